The van der Waals surface area contributed by atoms with Crippen LogP contribution in [0.3, 0.4) is 0 Å². The Morgan fingerprint density at radius 1 is 1.33 bits per heavy atom. The fraction of sp³-hybridized carbons (Fsp3) is 0.400. The zero-order chi connectivity index (χ0) is 15.2. The van der Waals surface area contributed by atoms with E-state index in [0.717, 1.165) is 6.42 Å². The third-order valence-electron chi connectivity index (χ3n) is 3.06. The van der Waals surface area contributed by atoms with Gasteiger partial charge < -0.3 is 10.2 Å². The minimum atomic E-state index is -0.390. The van der Waals surface area contributed by atoms with Gasteiger partial charge in [0, 0.05) is 27.1 Å². The first-order valence-electron chi connectivity index (χ1n) is 6.83. The van der Waals surface area contributed by atoms with Crippen molar-refractivity contribution < 1.29 is 9.59 Å². The van der Waals surface area contributed by atoms with Crippen LogP contribution < -0.4 is 5.32 Å². The molecule has 5 nitrogen and oxygen atoms in total. The van der Waals surface area contributed by atoms with Gasteiger partial charge in [0.05, 0.1) is 0 Å². The quantitative estimate of drug-likeness (QED) is 0.890. The van der Waals surface area contributed by atoms with Crippen LogP contribution in [0, 0.1) is 0 Å². The van der Waals surface area contributed by atoms with Gasteiger partial charge in [0.15, 0.2) is 5.17 Å². The molecule has 0 spiro atoms. The third kappa shape index (κ3) is 4.60. The van der Waals surface area contributed by atoms with E-state index in [1.807, 2.05) is 44.4 Å². The summed E-state index contributed by atoms with van der Waals surface area (Å²) >= 11 is 1.35. The highest BCUT2D eigenvalue weighted by Gasteiger charge is 2.31. The third-order valence-corrected chi connectivity index (χ3v) is 4.38. The second-order valence-electron chi connectivity index (χ2n) is 5.02. The Bertz CT molecular complexity index is 543. The summed E-state index contributed by atoms with van der Waals surface area (Å²) in [4.78, 5) is 29.3. The van der Waals surface area contributed by atoms with Crippen LogP contribution in [0.4, 0.5) is 0 Å². The van der Waals surface area contributed by atoms with Crippen LogP contribution in [0.5, 0.6) is 0 Å². The van der Waals surface area contributed by atoms with E-state index in [9.17, 15) is 9.59 Å². The molecule has 1 N–H and O–H groups in total. The molecule has 0 aliphatic carbocycles. The number of hydrogen-bond acceptors (Lipinski definition) is 4. The number of rotatable bonds is 5. The highest BCUT2D eigenvalue weighted by molar-refractivity contribution is 8.15. The number of nitrogens with zero attached hydrogens (tertiary/aromatic N) is 2. The topological polar surface area (TPSA) is 61.8 Å². The predicted octanol–water partition coefficient (Wildman–Crippen LogP) is 1.30. The van der Waals surface area contributed by atoms with Crippen LogP contribution in [-0.4, -0.2) is 47.8 Å². The number of nitrogens with one attached hydrogen (secondary N) is 1. The van der Waals surface area contributed by atoms with Crippen molar-refractivity contribution in [3.05, 3.63) is 35.9 Å². The summed E-state index contributed by atoms with van der Waals surface area (Å²) in [6.45, 7) is 0.579. The number of thioether (sulfide) groups is 1. The fourth-order valence-corrected chi connectivity index (χ4v) is 2.93. The van der Waals surface area contributed by atoms with E-state index in [1.165, 1.54) is 17.3 Å². The number of carbonyl (C=O) groups excluding carboxylic acids is 2. The molecular weight excluding hydrogens is 286 g/mol. The summed E-state index contributed by atoms with van der Waals surface area (Å²) in [5.41, 5.74) is 1.18. The summed E-state index contributed by atoms with van der Waals surface area (Å²) in [6.07, 6.45) is 0.969. The molecule has 0 saturated carbocycles. The number of amidine groups is 1. The van der Waals surface area contributed by atoms with Gasteiger partial charge in [-0.25, -0.2) is 0 Å². The van der Waals surface area contributed by atoms with Crippen LogP contribution in [-0.2, 0) is 16.0 Å². The average molecular weight is 305 g/mol. The Hall–Kier alpha value is -1.82. The average Bonchev–Trinajstić information content (AvgIpc) is 2.81. The van der Waals surface area contributed by atoms with Gasteiger partial charge in [-0.1, -0.05) is 42.1 Å². The molecule has 1 atom stereocenters. The van der Waals surface area contributed by atoms with Gasteiger partial charge in [-0.2, -0.15) is 4.99 Å². The standard InChI is InChI=1S/C15H19N3O2S/c1-18(2)15-17-14(20)12(21-15)10-13(19)16-9-8-11-6-4-3-5-7-11/h3-7,12H,8-10H2,1-2H3,(H,16,19)/t12-/m1/s1. The lowest BCUT2D eigenvalue weighted by molar-refractivity contribution is -0.124. The maximum Gasteiger partial charge on any atom is 0.262 e. The van der Waals surface area contributed by atoms with Gasteiger partial charge in [0.2, 0.25) is 5.91 Å². The van der Waals surface area contributed by atoms with Gasteiger partial charge in [-0.05, 0) is 12.0 Å². The Morgan fingerprint density at radius 3 is 2.67 bits per heavy atom. The maximum absolute atomic E-state index is 11.9. The van der Waals surface area contributed by atoms with E-state index in [1.54, 1.807) is 4.90 Å². The van der Waals surface area contributed by atoms with E-state index in [0.29, 0.717) is 11.7 Å². The number of hydrogen-bond donors (Lipinski definition) is 1. The minimum absolute atomic E-state index is 0.105. The molecular formula is C15H19N3O2S. The maximum atomic E-state index is 11.9. The molecule has 1 aliphatic rings. The predicted molar refractivity (Wildman–Crippen MR) is 85.3 cm³/mol. The first kappa shape index (κ1) is 15.6. The highest BCUT2D eigenvalue weighted by atomic mass is 32.2. The second-order valence-corrected chi connectivity index (χ2v) is 6.19. The summed E-state index contributed by atoms with van der Waals surface area (Å²) in [6, 6.07) is 9.98. The molecule has 112 valence electrons. The first-order chi connectivity index (χ1) is 10.1. The zero-order valence-corrected chi connectivity index (χ0v) is 13.0. The molecule has 2 rings (SSSR count). The molecule has 0 unspecified atom stereocenters. The van der Waals surface area contributed by atoms with E-state index in [4.69, 9.17) is 0 Å². The Kier molecular flexibility index (Phi) is 5.38. The molecule has 1 aromatic carbocycles. The number of benzene rings is 1. The number of carbonyl (C=O) groups is 2. The molecule has 1 aromatic rings. The van der Waals surface area contributed by atoms with Crippen molar-refractivity contribution in [2.75, 3.05) is 20.6 Å². The Labute approximate surface area is 128 Å². The van der Waals surface area contributed by atoms with E-state index in [2.05, 4.69) is 10.3 Å². The van der Waals surface area contributed by atoms with Gasteiger partial charge in [-0.15, -0.1) is 0 Å². The molecule has 0 radical (unpaired) electrons. The second kappa shape index (κ2) is 7.26. The molecule has 0 saturated heterocycles. The van der Waals surface area contributed by atoms with Crippen LogP contribution in [0.15, 0.2) is 35.3 Å². The van der Waals surface area contributed by atoms with Gasteiger partial charge >= 0.3 is 0 Å². The smallest absolute Gasteiger partial charge is 0.262 e. The zero-order valence-electron chi connectivity index (χ0n) is 12.2. The van der Waals surface area contributed by atoms with Crippen molar-refractivity contribution in [1.29, 1.82) is 0 Å². The van der Waals surface area contributed by atoms with Crippen LogP contribution >= 0.6 is 11.8 Å². The van der Waals surface area contributed by atoms with Crippen molar-refractivity contribution in [3.63, 3.8) is 0 Å². The van der Waals surface area contributed by atoms with Crippen molar-refractivity contribution in [2.45, 2.75) is 18.1 Å². The van der Waals surface area contributed by atoms with Crippen LogP contribution in [0.2, 0.25) is 0 Å². The largest absolute Gasteiger partial charge is 0.357 e. The van der Waals surface area contributed by atoms with Crippen molar-refractivity contribution in [1.82, 2.24) is 10.2 Å². The van der Waals surface area contributed by atoms with Crippen molar-refractivity contribution in [3.8, 4) is 0 Å². The lowest BCUT2D eigenvalue weighted by atomic mass is 10.1. The van der Waals surface area contributed by atoms with E-state index >= 15 is 0 Å². The normalized spacial score (nSPS) is 17.5. The number of aliphatic imine (C=N–C) groups is 1. The van der Waals surface area contributed by atoms with Gasteiger partial charge in [0.1, 0.15) is 5.25 Å². The molecule has 2 amide bonds. The lowest BCUT2D eigenvalue weighted by Crippen LogP contribution is -2.30. The summed E-state index contributed by atoms with van der Waals surface area (Å²) in [7, 11) is 3.67. The Balaban J connectivity index is 1.72. The van der Waals surface area contributed by atoms with Crippen LogP contribution in [0.1, 0.15) is 12.0 Å². The van der Waals surface area contributed by atoms with Crippen molar-refractivity contribution >= 4 is 28.7 Å². The Morgan fingerprint density at radius 2 is 2.05 bits per heavy atom. The number of amides is 2. The molecule has 6 heteroatoms. The van der Waals surface area contributed by atoms with Crippen molar-refractivity contribution in [2.24, 2.45) is 4.99 Å². The molecule has 1 aliphatic heterocycles. The van der Waals surface area contributed by atoms with E-state index in [-0.39, 0.29) is 23.5 Å². The summed E-state index contributed by atoms with van der Waals surface area (Å²) in [5, 5.41) is 3.13. The molecule has 0 bridgehead atoms. The first-order valence-corrected chi connectivity index (χ1v) is 7.71. The fourth-order valence-electron chi connectivity index (χ4n) is 1.94. The van der Waals surface area contributed by atoms with Crippen LogP contribution in [0.25, 0.3) is 0 Å². The summed E-state index contributed by atoms with van der Waals surface area (Å²) < 4.78 is 0. The summed E-state index contributed by atoms with van der Waals surface area (Å²) in [5.74, 6) is -0.325. The monoisotopic (exact) mass is 305 g/mol. The minimum Gasteiger partial charge on any atom is -0.357 e. The SMILES string of the molecule is CN(C)C1=NC(=O)[C@@H](CC(=O)NCCc2ccccc2)S1. The van der Waals surface area contributed by atoms with Gasteiger partial charge in [-0.3, -0.25) is 9.59 Å². The molecule has 0 fully saturated rings. The molecule has 0 aromatic heterocycles. The van der Waals surface area contributed by atoms with Gasteiger partial charge in [0.25, 0.3) is 5.91 Å². The highest BCUT2D eigenvalue weighted by Crippen LogP contribution is 2.25. The van der Waals surface area contributed by atoms with E-state index < -0.39 is 0 Å². The molecule has 1 heterocycles. The molecule has 21 heavy (non-hydrogen) atoms. The lowest BCUT2D eigenvalue weighted by Gasteiger charge is -2.11.